The lowest BCUT2D eigenvalue weighted by atomic mass is 9.90. The minimum atomic E-state index is 0.574. The van der Waals surface area contributed by atoms with Gasteiger partial charge < -0.3 is 5.32 Å². The van der Waals surface area contributed by atoms with Crippen molar-refractivity contribution < 1.29 is 0 Å². The molecule has 2 fully saturated rings. The van der Waals surface area contributed by atoms with Crippen molar-refractivity contribution in [3.05, 3.63) is 28.5 Å². The summed E-state index contributed by atoms with van der Waals surface area (Å²) in [6.07, 6.45) is 7.62. The molecule has 1 aromatic heterocycles. The van der Waals surface area contributed by atoms with Gasteiger partial charge in [-0.15, -0.1) is 0 Å². The summed E-state index contributed by atoms with van der Waals surface area (Å²) in [6.45, 7) is 4.56. The van der Waals surface area contributed by atoms with Crippen LogP contribution in [0, 0.1) is 5.92 Å². The Morgan fingerprint density at radius 2 is 1.95 bits per heavy atom. The zero-order valence-corrected chi connectivity index (χ0v) is 12.9. The van der Waals surface area contributed by atoms with Gasteiger partial charge in [-0.1, -0.05) is 18.9 Å². The molecule has 1 saturated carbocycles. The normalized spacial score (nSPS) is 23.6. The van der Waals surface area contributed by atoms with Crippen LogP contribution in [0.25, 0.3) is 0 Å². The number of nitrogens with zero attached hydrogens (tertiary/aromatic N) is 2. The molecule has 2 aliphatic rings. The average Bonchev–Trinajstić information content (AvgIpc) is 2.96. The van der Waals surface area contributed by atoms with Gasteiger partial charge in [0.25, 0.3) is 0 Å². The van der Waals surface area contributed by atoms with Gasteiger partial charge in [0.2, 0.25) is 0 Å². The summed E-state index contributed by atoms with van der Waals surface area (Å²) < 4.78 is 0.932. The van der Waals surface area contributed by atoms with Gasteiger partial charge in [0.1, 0.15) is 4.60 Å². The number of aromatic nitrogens is 1. The van der Waals surface area contributed by atoms with Crippen LogP contribution in [-0.2, 0) is 0 Å². The molecule has 1 aromatic rings. The topological polar surface area (TPSA) is 28.2 Å². The molecule has 1 aliphatic heterocycles. The fourth-order valence-corrected chi connectivity index (χ4v) is 3.81. The van der Waals surface area contributed by atoms with E-state index in [-0.39, 0.29) is 0 Å². The molecule has 0 amide bonds. The SMILES string of the molecule is Brc1ccc([C@H](C2CCCC2)N2CCNCC2)cn1. The van der Waals surface area contributed by atoms with Gasteiger partial charge in [-0.05, 0) is 46.3 Å². The zero-order chi connectivity index (χ0) is 13.1. The maximum absolute atomic E-state index is 4.44. The van der Waals surface area contributed by atoms with Gasteiger partial charge in [0.05, 0.1) is 0 Å². The lowest BCUT2D eigenvalue weighted by Gasteiger charge is -2.38. The number of nitrogens with one attached hydrogen (secondary N) is 1. The summed E-state index contributed by atoms with van der Waals surface area (Å²) in [5.41, 5.74) is 1.40. The van der Waals surface area contributed by atoms with Crippen LogP contribution in [0.15, 0.2) is 22.9 Å². The quantitative estimate of drug-likeness (QED) is 0.867. The highest BCUT2D eigenvalue weighted by Gasteiger charge is 2.31. The Morgan fingerprint density at radius 3 is 2.58 bits per heavy atom. The molecule has 3 rings (SSSR count). The number of rotatable bonds is 3. The first-order valence-corrected chi connectivity index (χ1v) is 8.20. The van der Waals surface area contributed by atoms with Gasteiger partial charge in [-0.25, -0.2) is 4.98 Å². The van der Waals surface area contributed by atoms with Crippen molar-refractivity contribution in [1.82, 2.24) is 15.2 Å². The Balaban J connectivity index is 1.83. The first-order valence-electron chi connectivity index (χ1n) is 7.41. The first kappa shape index (κ1) is 13.5. The highest BCUT2D eigenvalue weighted by molar-refractivity contribution is 9.10. The minimum Gasteiger partial charge on any atom is -0.314 e. The molecule has 1 aliphatic carbocycles. The molecule has 1 saturated heterocycles. The number of halogens is 1. The van der Waals surface area contributed by atoms with E-state index in [0.717, 1.165) is 36.7 Å². The molecule has 2 heterocycles. The first-order chi connectivity index (χ1) is 9.34. The molecule has 0 radical (unpaired) electrons. The van der Waals surface area contributed by atoms with Gasteiger partial charge >= 0.3 is 0 Å². The second kappa shape index (κ2) is 6.33. The summed E-state index contributed by atoms with van der Waals surface area (Å²) in [5, 5.41) is 3.46. The molecule has 104 valence electrons. The third-order valence-electron chi connectivity index (χ3n) is 4.48. The Labute approximate surface area is 123 Å². The molecule has 4 heteroatoms. The molecule has 0 unspecified atom stereocenters. The smallest absolute Gasteiger partial charge is 0.106 e. The van der Waals surface area contributed by atoms with Crippen LogP contribution < -0.4 is 5.32 Å². The fourth-order valence-electron chi connectivity index (χ4n) is 3.58. The van der Waals surface area contributed by atoms with Gasteiger partial charge in [0, 0.05) is 38.4 Å². The predicted octanol–water partition coefficient (Wildman–Crippen LogP) is 2.98. The van der Waals surface area contributed by atoms with E-state index in [2.05, 4.69) is 49.5 Å². The van der Waals surface area contributed by atoms with Crippen molar-refractivity contribution in [2.75, 3.05) is 26.2 Å². The van der Waals surface area contributed by atoms with Crippen LogP contribution in [-0.4, -0.2) is 36.1 Å². The lowest BCUT2D eigenvalue weighted by Crippen LogP contribution is -2.46. The second-order valence-electron chi connectivity index (χ2n) is 5.69. The Bertz CT molecular complexity index is 394. The van der Waals surface area contributed by atoms with E-state index in [9.17, 15) is 0 Å². The van der Waals surface area contributed by atoms with Gasteiger partial charge in [-0.2, -0.15) is 0 Å². The molecule has 3 nitrogen and oxygen atoms in total. The van der Waals surface area contributed by atoms with E-state index >= 15 is 0 Å². The summed E-state index contributed by atoms with van der Waals surface area (Å²) in [6, 6.07) is 4.91. The highest BCUT2D eigenvalue weighted by atomic mass is 79.9. The third-order valence-corrected chi connectivity index (χ3v) is 4.95. The van der Waals surface area contributed by atoms with E-state index in [0.29, 0.717) is 6.04 Å². The van der Waals surface area contributed by atoms with Crippen LogP contribution in [0.3, 0.4) is 0 Å². The molecule has 1 N–H and O–H groups in total. The molecular formula is C15H22BrN3. The van der Waals surface area contributed by atoms with E-state index < -0.39 is 0 Å². The molecule has 19 heavy (non-hydrogen) atoms. The standard InChI is InChI=1S/C15H22BrN3/c16-14-6-5-13(11-18-14)15(12-3-1-2-4-12)19-9-7-17-8-10-19/h5-6,11-12,15,17H,1-4,7-10H2/t15-/m0/s1. The fraction of sp³-hybridized carbons (Fsp3) is 0.667. The molecule has 0 bridgehead atoms. The van der Waals surface area contributed by atoms with Crippen molar-refractivity contribution in [3.63, 3.8) is 0 Å². The monoisotopic (exact) mass is 323 g/mol. The van der Waals surface area contributed by atoms with E-state index in [1.54, 1.807) is 0 Å². The highest BCUT2D eigenvalue weighted by Crippen LogP contribution is 2.39. The lowest BCUT2D eigenvalue weighted by molar-refractivity contribution is 0.125. The average molecular weight is 324 g/mol. The van der Waals surface area contributed by atoms with Crippen molar-refractivity contribution in [2.45, 2.75) is 31.7 Å². The van der Waals surface area contributed by atoms with Crippen molar-refractivity contribution >= 4 is 15.9 Å². The van der Waals surface area contributed by atoms with E-state index in [1.165, 1.54) is 31.2 Å². The Hall–Kier alpha value is -0.450. The number of piperazine rings is 1. The maximum Gasteiger partial charge on any atom is 0.106 e. The van der Waals surface area contributed by atoms with E-state index in [1.807, 2.05) is 0 Å². The summed E-state index contributed by atoms with van der Waals surface area (Å²) in [7, 11) is 0. The van der Waals surface area contributed by atoms with Gasteiger partial charge in [-0.3, -0.25) is 4.90 Å². The summed E-state index contributed by atoms with van der Waals surface area (Å²) >= 11 is 3.44. The zero-order valence-electron chi connectivity index (χ0n) is 11.3. The largest absolute Gasteiger partial charge is 0.314 e. The van der Waals surface area contributed by atoms with Crippen LogP contribution in [0.1, 0.15) is 37.3 Å². The predicted molar refractivity (Wildman–Crippen MR) is 81.1 cm³/mol. The van der Waals surface area contributed by atoms with Crippen LogP contribution >= 0.6 is 15.9 Å². The van der Waals surface area contributed by atoms with E-state index in [4.69, 9.17) is 0 Å². The van der Waals surface area contributed by atoms with Crippen molar-refractivity contribution in [1.29, 1.82) is 0 Å². The van der Waals surface area contributed by atoms with Crippen LogP contribution in [0.4, 0.5) is 0 Å². The van der Waals surface area contributed by atoms with Crippen molar-refractivity contribution in [2.24, 2.45) is 5.92 Å². The summed E-state index contributed by atoms with van der Waals surface area (Å²) in [5.74, 6) is 0.820. The molecule has 0 aromatic carbocycles. The van der Waals surface area contributed by atoms with Crippen LogP contribution in [0.5, 0.6) is 0 Å². The third kappa shape index (κ3) is 3.18. The van der Waals surface area contributed by atoms with Crippen LogP contribution in [0.2, 0.25) is 0 Å². The number of pyridine rings is 1. The number of hydrogen-bond acceptors (Lipinski definition) is 3. The Morgan fingerprint density at radius 1 is 1.21 bits per heavy atom. The summed E-state index contributed by atoms with van der Waals surface area (Å²) in [4.78, 5) is 7.10. The molecule has 0 spiro atoms. The maximum atomic E-state index is 4.44. The molecule has 1 atom stereocenters. The Kier molecular flexibility index (Phi) is 4.51. The second-order valence-corrected chi connectivity index (χ2v) is 6.50. The van der Waals surface area contributed by atoms with Gasteiger partial charge in [0.15, 0.2) is 0 Å². The molecular weight excluding hydrogens is 302 g/mol. The minimum absolute atomic E-state index is 0.574. The number of hydrogen-bond donors (Lipinski definition) is 1. The van der Waals surface area contributed by atoms with Crippen molar-refractivity contribution in [3.8, 4) is 0 Å².